The molecule has 2 N–H and O–H groups in total. The highest BCUT2D eigenvalue weighted by molar-refractivity contribution is 5.84. The number of carbonyl (C=O) groups excluding carboxylic acids is 1. The molecule has 0 spiro atoms. The van der Waals surface area contributed by atoms with Crippen molar-refractivity contribution in [2.24, 2.45) is 0 Å². The molecule has 5 nitrogen and oxygen atoms in total. The van der Waals surface area contributed by atoms with Crippen LogP contribution in [0.2, 0.25) is 0 Å². The topological polar surface area (TPSA) is 64.8 Å². The smallest absolute Gasteiger partial charge is 0.222 e. The zero-order valence-corrected chi connectivity index (χ0v) is 14.6. The molecule has 0 saturated carbocycles. The summed E-state index contributed by atoms with van der Waals surface area (Å²) >= 11 is 0. The summed E-state index contributed by atoms with van der Waals surface area (Å²) in [7, 11) is 0. The lowest BCUT2D eigenvalue weighted by Crippen LogP contribution is -2.39. The van der Waals surface area contributed by atoms with E-state index in [9.17, 15) is 4.79 Å². The quantitative estimate of drug-likeness (QED) is 0.765. The number of nitrogens with zero attached hydrogens (tertiary/aromatic N) is 2. The molecule has 1 aliphatic heterocycles. The van der Waals surface area contributed by atoms with E-state index in [1.807, 2.05) is 36.4 Å². The lowest BCUT2D eigenvalue weighted by molar-refractivity contribution is -0.132. The number of aromatic nitrogens is 3. The SMILES string of the molecule is Cc1cnc([C@H]2CCCN(C(=O)CCc3c[nH]c4ccccc34)C2)[nH]1. The molecule has 1 saturated heterocycles. The van der Waals surface area contributed by atoms with Gasteiger partial charge in [-0.25, -0.2) is 4.98 Å². The van der Waals surface area contributed by atoms with Crippen molar-refractivity contribution in [3.8, 4) is 0 Å². The summed E-state index contributed by atoms with van der Waals surface area (Å²) in [6.07, 6.45) is 7.38. The molecule has 1 aliphatic rings. The molecular weight excluding hydrogens is 312 g/mol. The summed E-state index contributed by atoms with van der Waals surface area (Å²) in [5, 5.41) is 1.22. The molecule has 3 heterocycles. The number of aryl methyl sites for hydroxylation is 2. The monoisotopic (exact) mass is 336 g/mol. The third-order valence-electron chi connectivity index (χ3n) is 5.17. The van der Waals surface area contributed by atoms with E-state index in [1.165, 1.54) is 10.9 Å². The number of para-hydroxylation sites is 1. The molecule has 130 valence electrons. The molecule has 2 aromatic heterocycles. The van der Waals surface area contributed by atoms with Crippen LogP contribution in [0.5, 0.6) is 0 Å². The van der Waals surface area contributed by atoms with Crippen molar-refractivity contribution >= 4 is 16.8 Å². The second kappa shape index (κ2) is 6.75. The Kier molecular flexibility index (Phi) is 4.30. The third kappa shape index (κ3) is 3.31. The van der Waals surface area contributed by atoms with Crippen molar-refractivity contribution < 1.29 is 4.79 Å². The van der Waals surface area contributed by atoms with E-state index in [2.05, 4.69) is 27.1 Å². The van der Waals surface area contributed by atoms with E-state index in [0.717, 1.165) is 49.4 Å². The van der Waals surface area contributed by atoms with Gasteiger partial charge in [0.2, 0.25) is 5.91 Å². The fraction of sp³-hybridized carbons (Fsp3) is 0.400. The van der Waals surface area contributed by atoms with Gasteiger partial charge >= 0.3 is 0 Å². The number of carbonyl (C=O) groups is 1. The summed E-state index contributed by atoms with van der Waals surface area (Å²) in [6.45, 7) is 3.66. The fourth-order valence-electron chi connectivity index (χ4n) is 3.81. The number of amides is 1. The Balaban J connectivity index is 1.39. The minimum absolute atomic E-state index is 0.248. The molecule has 1 amide bonds. The highest BCUT2D eigenvalue weighted by Gasteiger charge is 2.26. The van der Waals surface area contributed by atoms with Crippen LogP contribution in [-0.4, -0.2) is 38.8 Å². The van der Waals surface area contributed by atoms with Gasteiger partial charge in [-0.2, -0.15) is 0 Å². The average molecular weight is 336 g/mol. The number of likely N-dealkylation sites (tertiary alicyclic amines) is 1. The molecular formula is C20H24N4O. The van der Waals surface area contributed by atoms with Gasteiger partial charge in [-0.3, -0.25) is 4.79 Å². The summed E-state index contributed by atoms with van der Waals surface area (Å²) in [4.78, 5) is 25.8. The Morgan fingerprint density at radius 1 is 1.36 bits per heavy atom. The highest BCUT2D eigenvalue weighted by atomic mass is 16.2. The van der Waals surface area contributed by atoms with E-state index in [0.29, 0.717) is 12.3 Å². The van der Waals surface area contributed by atoms with Gasteiger partial charge < -0.3 is 14.9 Å². The minimum Gasteiger partial charge on any atom is -0.361 e. The summed E-state index contributed by atoms with van der Waals surface area (Å²) < 4.78 is 0. The van der Waals surface area contributed by atoms with Crippen LogP contribution in [0.4, 0.5) is 0 Å². The molecule has 3 aromatic rings. The van der Waals surface area contributed by atoms with E-state index in [1.54, 1.807) is 0 Å². The lowest BCUT2D eigenvalue weighted by atomic mass is 9.96. The second-order valence-corrected chi connectivity index (χ2v) is 6.99. The van der Waals surface area contributed by atoms with E-state index in [-0.39, 0.29) is 5.91 Å². The van der Waals surface area contributed by atoms with Crippen molar-refractivity contribution in [3.05, 3.63) is 53.7 Å². The van der Waals surface area contributed by atoms with Crippen molar-refractivity contribution in [1.29, 1.82) is 0 Å². The summed E-state index contributed by atoms with van der Waals surface area (Å²) in [5.41, 5.74) is 3.44. The fourth-order valence-corrected chi connectivity index (χ4v) is 3.81. The predicted molar refractivity (Wildman–Crippen MR) is 98.5 cm³/mol. The second-order valence-electron chi connectivity index (χ2n) is 6.99. The van der Waals surface area contributed by atoms with Gasteiger partial charge in [0.25, 0.3) is 0 Å². The van der Waals surface area contributed by atoms with Crippen LogP contribution in [0, 0.1) is 6.92 Å². The van der Waals surface area contributed by atoms with Gasteiger partial charge in [-0.05, 0) is 37.8 Å². The Morgan fingerprint density at radius 2 is 2.24 bits per heavy atom. The van der Waals surface area contributed by atoms with Gasteiger partial charge in [0.15, 0.2) is 0 Å². The zero-order valence-electron chi connectivity index (χ0n) is 14.6. The summed E-state index contributed by atoms with van der Waals surface area (Å²) in [6, 6.07) is 8.25. The standard InChI is InChI=1S/C20H24N4O/c1-14-11-22-20(23-14)16-5-4-10-24(13-16)19(25)9-8-15-12-21-18-7-3-2-6-17(15)18/h2-3,6-7,11-12,16,21H,4-5,8-10,13H2,1H3,(H,22,23)/t16-/m0/s1. The van der Waals surface area contributed by atoms with Gasteiger partial charge in [-0.1, -0.05) is 18.2 Å². The largest absolute Gasteiger partial charge is 0.361 e. The third-order valence-corrected chi connectivity index (χ3v) is 5.17. The first-order valence-corrected chi connectivity index (χ1v) is 9.05. The number of benzene rings is 1. The van der Waals surface area contributed by atoms with Gasteiger partial charge in [0.1, 0.15) is 5.82 Å². The first kappa shape index (κ1) is 15.9. The molecule has 0 aliphatic carbocycles. The normalized spacial score (nSPS) is 18.0. The van der Waals surface area contributed by atoms with Gasteiger partial charge in [-0.15, -0.1) is 0 Å². The molecule has 1 aromatic carbocycles. The molecule has 5 heteroatoms. The molecule has 0 radical (unpaired) electrons. The van der Waals surface area contributed by atoms with Crippen LogP contribution >= 0.6 is 0 Å². The van der Waals surface area contributed by atoms with Crippen LogP contribution in [-0.2, 0) is 11.2 Å². The number of imidazole rings is 1. The van der Waals surface area contributed by atoms with Gasteiger partial charge in [0.05, 0.1) is 0 Å². The van der Waals surface area contributed by atoms with Crippen molar-refractivity contribution in [1.82, 2.24) is 19.9 Å². The molecule has 1 atom stereocenters. The molecule has 4 rings (SSSR count). The van der Waals surface area contributed by atoms with Crippen molar-refractivity contribution in [2.75, 3.05) is 13.1 Å². The maximum Gasteiger partial charge on any atom is 0.222 e. The highest BCUT2D eigenvalue weighted by Crippen LogP contribution is 2.26. The average Bonchev–Trinajstić information content (AvgIpc) is 3.26. The number of fused-ring (bicyclic) bond motifs is 1. The first-order valence-electron chi connectivity index (χ1n) is 9.05. The van der Waals surface area contributed by atoms with E-state index in [4.69, 9.17) is 0 Å². The molecule has 1 fully saturated rings. The number of H-pyrrole nitrogens is 2. The van der Waals surface area contributed by atoms with Crippen LogP contribution < -0.4 is 0 Å². The predicted octanol–water partition coefficient (Wildman–Crippen LogP) is 3.54. The summed E-state index contributed by atoms with van der Waals surface area (Å²) in [5.74, 6) is 1.60. The zero-order chi connectivity index (χ0) is 17.2. The van der Waals surface area contributed by atoms with Gasteiger partial charge in [0, 0.05) is 54.4 Å². The maximum atomic E-state index is 12.7. The first-order chi connectivity index (χ1) is 12.2. The van der Waals surface area contributed by atoms with Crippen LogP contribution in [0.25, 0.3) is 10.9 Å². The number of piperidine rings is 1. The Labute approximate surface area is 147 Å². The number of hydrogen-bond acceptors (Lipinski definition) is 2. The Morgan fingerprint density at radius 3 is 3.08 bits per heavy atom. The number of rotatable bonds is 4. The van der Waals surface area contributed by atoms with Crippen LogP contribution in [0.15, 0.2) is 36.7 Å². The molecule has 0 bridgehead atoms. The Bertz CT molecular complexity index is 879. The maximum absolute atomic E-state index is 12.7. The van der Waals surface area contributed by atoms with Crippen molar-refractivity contribution in [3.63, 3.8) is 0 Å². The number of hydrogen-bond donors (Lipinski definition) is 2. The number of nitrogens with one attached hydrogen (secondary N) is 2. The molecule has 25 heavy (non-hydrogen) atoms. The van der Waals surface area contributed by atoms with Crippen LogP contribution in [0.3, 0.4) is 0 Å². The van der Waals surface area contributed by atoms with Crippen LogP contribution in [0.1, 0.15) is 42.3 Å². The van der Waals surface area contributed by atoms with Crippen molar-refractivity contribution in [2.45, 2.75) is 38.5 Å². The van der Waals surface area contributed by atoms with E-state index < -0.39 is 0 Å². The minimum atomic E-state index is 0.248. The number of aromatic amines is 2. The Hall–Kier alpha value is -2.56. The molecule has 0 unspecified atom stereocenters. The van der Waals surface area contributed by atoms with E-state index >= 15 is 0 Å². The lowest BCUT2D eigenvalue weighted by Gasteiger charge is -2.32.